The van der Waals surface area contributed by atoms with Crippen molar-refractivity contribution >= 4 is 11.4 Å². The number of hydrogen-bond acceptors (Lipinski definition) is 2. The van der Waals surface area contributed by atoms with Crippen LogP contribution in [0, 0.1) is 18.6 Å². The molecule has 0 aliphatic carbocycles. The van der Waals surface area contributed by atoms with Gasteiger partial charge in [-0.25, -0.2) is 8.78 Å². The highest BCUT2D eigenvalue weighted by molar-refractivity contribution is 5.64. The van der Waals surface area contributed by atoms with E-state index in [1.165, 1.54) is 17.0 Å². The van der Waals surface area contributed by atoms with Gasteiger partial charge in [-0.15, -0.1) is 0 Å². The Balaban J connectivity index is 2.42. The highest BCUT2D eigenvalue weighted by Crippen LogP contribution is 2.30. The molecule has 0 bridgehead atoms. The molecule has 2 aromatic carbocycles. The Kier molecular flexibility index (Phi) is 4.35. The molecule has 0 unspecified atom stereocenters. The summed E-state index contributed by atoms with van der Waals surface area (Å²) >= 11 is 0. The molecule has 106 valence electrons. The van der Waals surface area contributed by atoms with Crippen LogP contribution < -0.4 is 10.2 Å². The lowest BCUT2D eigenvalue weighted by Gasteiger charge is -2.21. The molecule has 20 heavy (non-hydrogen) atoms. The van der Waals surface area contributed by atoms with E-state index in [4.69, 9.17) is 0 Å². The van der Waals surface area contributed by atoms with Crippen molar-refractivity contribution < 1.29 is 8.78 Å². The Bertz CT molecular complexity index is 588. The molecule has 2 rings (SSSR count). The van der Waals surface area contributed by atoms with Crippen LogP contribution in [-0.4, -0.2) is 14.1 Å². The summed E-state index contributed by atoms with van der Waals surface area (Å²) in [7, 11) is 3.40. The van der Waals surface area contributed by atoms with Gasteiger partial charge in [-0.3, -0.25) is 0 Å². The summed E-state index contributed by atoms with van der Waals surface area (Å²) in [6.45, 7) is 2.38. The molecule has 0 heterocycles. The Hall–Kier alpha value is -1.94. The van der Waals surface area contributed by atoms with Crippen LogP contribution in [0.5, 0.6) is 0 Å². The molecular weight excluding hydrogens is 258 g/mol. The maximum atomic E-state index is 14.2. The molecule has 0 amide bonds. The van der Waals surface area contributed by atoms with Crippen LogP contribution in [0.15, 0.2) is 36.4 Å². The Morgan fingerprint density at radius 1 is 1.10 bits per heavy atom. The van der Waals surface area contributed by atoms with Gasteiger partial charge in [0.25, 0.3) is 0 Å². The average molecular weight is 276 g/mol. The van der Waals surface area contributed by atoms with E-state index in [1.807, 2.05) is 31.2 Å². The molecule has 0 atom stereocenters. The van der Waals surface area contributed by atoms with E-state index in [-0.39, 0.29) is 5.69 Å². The second kappa shape index (κ2) is 6.01. The van der Waals surface area contributed by atoms with Gasteiger partial charge in [0.1, 0.15) is 17.3 Å². The molecule has 0 fully saturated rings. The van der Waals surface area contributed by atoms with Crippen molar-refractivity contribution in [1.82, 2.24) is 5.32 Å². The van der Waals surface area contributed by atoms with E-state index in [1.54, 1.807) is 14.1 Å². The number of aryl methyl sites for hydroxylation is 1. The van der Waals surface area contributed by atoms with Gasteiger partial charge >= 0.3 is 0 Å². The molecular formula is C16H18F2N2. The van der Waals surface area contributed by atoms with Crippen LogP contribution in [0.1, 0.15) is 11.1 Å². The minimum absolute atomic E-state index is 0.0320. The van der Waals surface area contributed by atoms with Gasteiger partial charge in [0.05, 0.1) is 0 Å². The number of hydrogen-bond donors (Lipinski definition) is 1. The van der Waals surface area contributed by atoms with Crippen molar-refractivity contribution in [3.8, 4) is 0 Å². The maximum Gasteiger partial charge on any atom is 0.150 e. The Morgan fingerprint density at radius 2 is 1.75 bits per heavy atom. The molecule has 0 saturated carbocycles. The van der Waals surface area contributed by atoms with Crippen molar-refractivity contribution in [3.05, 3.63) is 59.2 Å². The monoisotopic (exact) mass is 276 g/mol. The first-order chi connectivity index (χ1) is 9.52. The van der Waals surface area contributed by atoms with Crippen LogP contribution >= 0.6 is 0 Å². The fraction of sp³-hybridized carbons (Fsp3) is 0.250. The molecule has 0 aliphatic rings. The first-order valence-electron chi connectivity index (χ1n) is 6.46. The topological polar surface area (TPSA) is 15.3 Å². The first-order valence-corrected chi connectivity index (χ1v) is 6.46. The normalized spacial score (nSPS) is 10.7. The third kappa shape index (κ3) is 2.96. The molecule has 0 spiro atoms. The van der Waals surface area contributed by atoms with Gasteiger partial charge in [0.2, 0.25) is 0 Å². The van der Waals surface area contributed by atoms with Gasteiger partial charge in [-0.1, -0.05) is 12.1 Å². The van der Waals surface area contributed by atoms with Crippen molar-refractivity contribution in [2.24, 2.45) is 0 Å². The summed E-state index contributed by atoms with van der Waals surface area (Å²) in [6, 6.07) is 10.3. The number of anilines is 2. The third-order valence-electron chi connectivity index (χ3n) is 3.18. The second-order valence-corrected chi connectivity index (χ2v) is 4.84. The van der Waals surface area contributed by atoms with Gasteiger partial charge < -0.3 is 10.2 Å². The molecule has 4 heteroatoms. The molecule has 0 aromatic heterocycles. The van der Waals surface area contributed by atoms with Crippen molar-refractivity contribution in [3.63, 3.8) is 0 Å². The summed E-state index contributed by atoms with van der Waals surface area (Å²) in [4.78, 5) is 1.53. The number of nitrogens with zero attached hydrogens (tertiary/aromatic N) is 1. The maximum absolute atomic E-state index is 14.2. The van der Waals surface area contributed by atoms with E-state index in [0.717, 1.165) is 11.3 Å². The van der Waals surface area contributed by atoms with Crippen LogP contribution in [0.25, 0.3) is 0 Å². The highest BCUT2D eigenvalue weighted by Gasteiger charge is 2.16. The Labute approximate surface area is 118 Å². The summed E-state index contributed by atoms with van der Waals surface area (Å²) in [5.41, 5.74) is 2.35. The van der Waals surface area contributed by atoms with E-state index in [2.05, 4.69) is 5.32 Å². The van der Waals surface area contributed by atoms with Crippen molar-refractivity contribution in [2.45, 2.75) is 13.5 Å². The Morgan fingerprint density at radius 3 is 2.30 bits per heavy atom. The van der Waals surface area contributed by atoms with E-state index < -0.39 is 11.6 Å². The summed E-state index contributed by atoms with van der Waals surface area (Å²) in [6.07, 6.45) is 0. The average Bonchev–Trinajstić information content (AvgIpc) is 2.38. The van der Waals surface area contributed by atoms with Crippen LogP contribution in [0.3, 0.4) is 0 Å². The zero-order valence-electron chi connectivity index (χ0n) is 11.9. The zero-order valence-corrected chi connectivity index (χ0v) is 11.9. The van der Waals surface area contributed by atoms with Crippen molar-refractivity contribution in [1.29, 1.82) is 0 Å². The smallest absolute Gasteiger partial charge is 0.150 e. The lowest BCUT2D eigenvalue weighted by atomic mass is 10.1. The fourth-order valence-corrected chi connectivity index (χ4v) is 2.21. The van der Waals surface area contributed by atoms with Gasteiger partial charge in [-0.2, -0.15) is 0 Å². The standard InChI is InChI=1S/C16H18F2N2/c1-11-5-4-6-13(7-11)20(3)16-14(17)8-12(10-19-2)9-15(16)18/h4-9,19H,10H2,1-3H3. The lowest BCUT2D eigenvalue weighted by Crippen LogP contribution is -2.14. The lowest BCUT2D eigenvalue weighted by molar-refractivity contribution is 0.578. The SMILES string of the molecule is CNCc1cc(F)c(N(C)c2cccc(C)c2)c(F)c1. The molecule has 1 N–H and O–H groups in total. The van der Waals surface area contributed by atoms with Crippen molar-refractivity contribution in [2.75, 3.05) is 19.0 Å². The molecule has 0 radical (unpaired) electrons. The van der Waals surface area contributed by atoms with Gasteiger partial charge in [-0.05, 0) is 49.4 Å². The zero-order chi connectivity index (χ0) is 14.7. The highest BCUT2D eigenvalue weighted by atomic mass is 19.1. The summed E-state index contributed by atoms with van der Waals surface area (Å²) in [5, 5.41) is 2.88. The van der Waals surface area contributed by atoms with E-state index >= 15 is 0 Å². The molecule has 0 aliphatic heterocycles. The van der Waals surface area contributed by atoms with Crippen LogP contribution in [0.2, 0.25) is 0 Å². The largest absolute Gasteiger partial charge is 0.340 e. The number of benzene rings is 2. The van der Waals surface area contributed by atoms with Crippen LogP contribution in [-0.2, 0) is 6.54 Å². The predicted molar refractivity (Wildman–Crippen MR) is 78.4 cm³/mol. The molecule has 2 aromatic rings. The van der Waals surface area contributed by atoms with Gasteiger partial charge in [0.15, 0.2) is 0 Å². The van der Waals surface area contributed by atoms with E-state index in [9.17, 15) is 8.78 Å². The first kappa shape index (κ1) is 14.5. The van der Waals surface area contributed by atoms with E-state index in [0.29, 0.717) is 12.1 Å². The summed E-state index contributed by atoms with van der Waals surface area (Å²) in [5.74, 6) is -1.11. The number of nitrogens with one attached hydrogen (secondary N) is 1. The quantitative estimate of drug-likeness (QED) is 0.914. The third-order valence-corrected chi connectivity index (χ3v) is 3.18. The number of rotatable bonds is 4. The minimum Gasteiger partial charge on any atom is -0.340 e. The van der Waals surface area contributed by atoms with Crippen LogP contribution in [0.4, 0.5) is 20.2 Å². The molecule has 2 nitrogen and oxygen atoms in total. The minimum atomic E-state index is -0.556. The molecule has 0 saturated heterocycles. The second-order valence-electron chi connectivity index (χ2n) is 4.84. The summed E-state index contributed by atoms with van der Waals surface area (Å²) < 4.78 is 28.3. The predicted octanol–water partition coefficient (Wildman–Crippen LogP) is 3.76. The number of halogens is 2. The van der Waals surface area contributed by atoms with Gasteiger partial charge in [0, 0.05) is 19.3 Å². The fourth-order valence-electron chi connectivity index (χ4n) is 2.21.